The smallest absolute Gasteiger partial charge is 0.166 e. The van der Waals surface area contributed by atoms with Crippen molar-refractivity contribution in [2.75, 3.05) is 6.61 Å². The molecule has 5 rings (SSSR count). The minimum absolute atomic E-state index is 0.0143. The van der Waals surface area contributed by atoms with Crippen molar-refractivity contribution in [1.29, 1.82) is 0 Å². The van der Waals surface area contributed by atoms with Gasteiger partial charge in [-0.1, -0.05) is 49.4 Å². The highest BCUT2D eigenvalue weighted by atomic mass is 19.2. The van der Waals surface area contributed by atoms with E-state index in [1.807, 2.05) is 30.3 Å². The Morgan fingerprint density at radius 1 is 0.886 bits per heavy atom. The quantitative estimate of drug-likeness (QED) is 0.283. The summed E-state index contributed by atoms with van der Waals surface area (Å²) >= 11 is 0. The van der Waals surface area contributed by atoms with Crippen LogP contribution in [-0.4, -0.2) is 12.7 Å². The van der Waals surface area contributed by atoms with Crippen LogP contribution < -0.4 is 0 Å². The van der Waals surface area contributed by atoms with E-state index in [1.54, 1.807) is 12.1 Å². The number of rotatable bonds is 7. The highest BCUT2D eigenvalue weighted by molar-refractivity contribution is 5.65. The second-order valence-electron chi connectivity index (χ2n) is 10.2. The Morgan fingerprint density at radius 3 is 2.26 bits per heavy atom. The van der Waals surface area contributed by atoms with Gasteiger partial charge in [-0.15, -0.1) is 0 Å². The van der Waals surface area contributed by atoms with Gasteiger partial charge in [0.25, 0.3) is 0 Å². The fraction of sp³-hybridized carbons (Fsp3) is 0.467. The Labute approximate surface area is 204 Å². The van der Waals surface area contributed by atoms with Crippen molar-refractivity contribution in [3.8, 4) is 11.1 Å². The Balaban J connectivity index is 1.18. The number of hydrogen-bond donors (Lipinski definition) is 0. The van der Waals surface area contributed by atoms with E-state index in [-0.39, 0.29) is 12.0 Å². The van der Waals surface area contributed by atoms with Crippen molar-refractivity contribution in [3.63, 3.8) is 0 Å². The van der Waals surface area contributed by atoms with Crippen LogP contribution in [0.4, 0.5) is 17.6 Å². The molecule has 0 N–H and O–H groups in total. The highest BCUT2D eigenvalue weighted by Gasteiger charge is 2.39. The molecule has 1 saturated carbocycles. The first-order chi connectivity index (χ1) is 17.0. The van der Waals surface area contributed by atoms with E-state index in [9.17, 15) is 13.2 Å². The van der Waals surface area contributed by atoms with Gasteiger partial charge in [0.1, 0.15) is 5.83 Å². The van der Waals surface area contributed by atoms with Gasteiger partial charge in [0.15, 0.2) is 17.5 Å². The van der Waals surface area contributed by atoms with Crippen LogP contribution in [0.2, 0.25) is 0 Å². The van der Waals surface area contributed by atoms with Gasteiger partial charge in [0, 0.05) is 11.5 Å². The zero-order valence-corrected chi connectivity index (χ0v) is 20.1. The molecule has 2 aromatic carbocycles. The lowest BCUT2D eigenvalue weighted by atomic mass is 9.76. The number of aryl methyl sites for hydroxylation is 1. The van der Waals surface area contributed by atoms with E-state index in [2.05, 4.69) is 6.92 Å². The molecule has 2 aromatic rings. The minimum Gasteiger partial charge on any atom is -0.372 e. The molecule has 0 aromatic heterocycles. The maximum absolute atomic E-state index is 15.1. The van der Waals surface area contributed by atoms with Gasteiger partial charge in [-0.2, -0.15) is 0 Å². The summed E-state index contributed by atoms with van der Waals surface area (Å²) in [4.78, 5) is 0. The zero-order chi connectivity index (χ0) is 24.5. The van der Waals surface area contributed by atoms with E-state index in [1.165, 1.54) is 0 Å². The zero-order valence-electron chi connectivity index (χ0n) is 20.1. The molecule has 2 fully saturated rings. The Morgan fingerprint density at radius 2 is 1.60 bits per heavy atom. The third-order valence-electron chi connectivity index (χ3n) is 8.14. The number of allylic oxidation sites excluding steroid dienone is 3. The molecular formula is C30H32F4O. The van der Waals surface area contributed by atoms with Crippen molar-refractivity contribution >= 4 is 0 Å². The SMILES string of the molecule is CCc1ccc(-c2ccc(C3CCC(CCC4=CCC(C5CO5)C(F)=C4F)CC3)c(F)c2F)cc1. The van der Waals surface area contributed by atoms with Gasteiger partial charge < -0.3 is 4.74 Å². The molecule has 0 spiro atoms. The molecule has 0 bridgehead atoms. The average Bonchev–Trinajstić information content (AvgIpc) is 3.72. The highest BCUT2D eigenvalue weighted by Crippen LogP contribution is 2.43. The van der Waals surface area contributed by atoms with Gasteiger partial charge in [0.2, 0.25) is 0 Å². The molecule has 2 unspecified atom stereocenters. The third-order valence-corrected chi connectivity index (χ3v) is 8.14. The molecule has 35 heavy (non-hydrogen) atoms. The average molecular weight is 485 g/mol. The Kier molecular flexibility index (Phi) is 7.15. The molecule has 3 aliphatic rings. The summed E-state index contributed by atoms with van der Waals surface area (Å²) in [7, 11) is 0. The Hall–Kier alpha value is -2.40. The second kappa shape index (κ2) is 10.3. The van der Waals surface area contributed by atoms with Crippen LogP contribution in [0.25, 0.3) is 11.1 Å². The van der Waals surface area contributed by atoms with Crippen LogP contribution in [0.1, 0.15) is 68.9 Å². The molecule has 186 valence electrons. The van der Waals surface area contributed by atoms with E-state index >= 15 is 4.39 Å². The summed E-state index contributed by atoms with van der Waals surface area (Å²) in [5.41, 5.74) is 3.05. The summed E-state index contributed by atoms with van der Waals surface area (Å²) in [6.07, 6.45) is 7.66. The molecule has 1 aliphatic heterocycles. The van der Waals surface area contributed by atoms with Crippen molar-refractivity contribution in [1.82, 2.24) is 0 Å². The molecule has 1 saturated heterocycles. The number of halogens is 4. The lowest BCUT2D eigenvalue weighted by Crippen LogP contribution is -2.16. The molecule has 0 radical (unpaired) electrons. The van der Waals surface area contributed by atoms with Crippen LogP contribution in [0.15, 0.2) is 59.7 Å². The van der Waals surface area contributed by atoms with Crippen LogP contribution in [0, 0.1) is 23.5 Å². The maximum Gasteiger partial charge on any atom is 0.166 e. The van der Waals surface area contributed by atoms with E-state index in [4.69, 9.17) is 4.74 Å². The molecule has 5 heteroatoms. The number of hydrogen-bond acceptors (Lipinski definition) is 1. The maximum atomic E-state index is 15.1. The number of benzene rings is 2. The molecule has 2 aliphatic carbocycles. The normalized spacial score (nSPS) is 26.6. The van der Waals surface area contributed by atoms with Crippen LogP contribution in [-0.2, 0) is 11.2 Å². The first kappa shape index (κ1) is 24.3. The fourth-order valence-corrected chi connectivity index (χ4v) is 5.74. The number of ether oxygens (including phenoxy) is 1. The second-order valence-corrected chi connectivity index (χ2v) is 10.2. The van der Waals surface area contributed by atoms with E-state index in [0.29, 0.717) is 47.6 Å². The van der Waals surface area contributed by atoms with Crippen LogP contribution >= 0.6 is 0 Å². The third kappa shape index (κ3) is 5.11. The van der Waals surface area contributed by atoms with Crippen LogP contribution in [0.3, 0.4) is 0 Å². The van der Waals surface area contributed by atoms with Crippen molar-refractivity contribution < 1.29 is 22.3 Å². The first-order valence-corrected chi connectivity index (χ1v) is 12.9. The summed E-state index contributed by atoms with van der Waals surface area (Å²) < 4.78 is 64.0. The van der Waals surface area contributed by atoms with Crippen molar-refractivity contribution in [2.24, 2.45) is 11.8 Å². The molecule has 2 atom stereocenters. The summed E-state index contributed by atoms with van der Waals surface area (Å²) in [6.45, 7) is 2.57. The largest absolute Gasteiger partial charge is 0.372 e. The molecule has 1 nitrogen and oxygen atoms in total. The van der Waals surface area contributed by atoms with Gasteiger partial charge >= 0.3 is 0 Å². The summed E-state index contributed by atoms with van der Waals surface area (Å²) in [6, 6.07) is 11.0. The minimum atomic E-state index is -0.780. The standard InChI is InChI=1S/C30H32F4O/c1-2-18-3-8-20(9-4-18)23-15-16-24(29(33)28(23)32)21-10-5-19(6-11-21)7-12-22-13-14-25(26-17-35-26)30(34)27(22)31/h3-4,8-9,13,15-16,19,21,25-26H,2,5-7,10-12,14,17H2,1H3. The predicted octanol–water partition coefficient (Wildman–Crippen LogP) is 8.74. The van der Waals surface area contributed by atoms with Gasteiger partial charge in [-0.05, 0) is 85.5 Å². The van der Waals surface area contributed by atoms with Crippen molar-refractivity contribution in [3.05, 3.63) is 82.5 Å². The van der Waals surface area contributed by atoms with Gasteiger partial charge in [-0.3, -0.25) is 0 Å². The van der Waals surface area contributed by atoms with Gasteiger partial charge in [0.05, 0.1) is 12.7 Å². The molecular weight excluding hydrogens is 452 g/mol. The fourth-order valence-electron chi connectivity index (χ4n) is 5.74. The molecule has 0 amide bonds. The summed E-state index contributed by atoms with van der Waals surface area (Å²) in [5.74, 6) is -2.97. The van der Waals surface area contributed by atoms with Gasteiger partial charge in [-0.25, -0.2) is 17.6 Å². The lowest BCUT2D eigenvalue weighted by molar-refractivity contribution is 0.298. The summed E-state index contributed by atoms with van der Waals surface area (Å²) in [5, 5.41) is 0. The topological polar surface area (TPSA) is 12.5 Å². The first-order valence-electron chi connectivity index (χ1n) is 12.9. The predicted molar refractivity (Wildman–Crippen MR) is 130 cm³/mol. The Bertz CT molecular complexity index is 1120. The van der Waals surface area contributed by atoms with E-state index < -0.39 is 29.2 Å². The van der Waals surface area contributed by atoms with E-state index in [0.717, 1.165) is 44.1 Å². The van der Waals surface area contributed by atoms with Crippen LogP contribution in [0.5, 0.6) is 0 Å². The number of epoxide rings is 1. The van der Waals surface area contributed by atoms with Crippen molar-refractivity contribution in [2.45, 2.75) is 70.3 Å². The monoisotopic (exact) mass is 484 g/mol. The lowest BCUT2D eigenvalue weighted by Gasteiger charge is -2.30. The molecule has 1 heterocycles.